The van der Waals surface area contributed by atoms with Gasteiger partial charge in [0.15, 0.2) is 5.96 Å². The maximum absolute atomic E-state index is 12.1. The number of carbonyl (C=O) groups excluding carboxylic acids is 1. The molecule has 1 fully saturated rings. The third kappa shape index (κ3) is 10.5. The van der Waals surface area contributed by atoms with Gasteiger partial charge < -0.3 is 25.4 Å². The lowest BCUT2D eigenvalue weighted by Crippen LogP contribution is -2.41. The van der Waals surface area contributed by atoms with E-state index in [9.17, 15) is 4.79 Å². The van der Waals surface area contributed by atoms with Crippen LogP contribution in [0, 0.1) is 18.3 Å². The van der Waals surface area contributed by atoms with Crippen LogP contribution in [0.3, 0.4) is 0 Å². The SMILES string of the molecule is C#Cc1cccc(NC(=O)CNC(=NC)NCCCOCC2CCOCC2)c1.I. The van der Waals surface area contributed by atoms with Crippen molar-refractivity contribution >= 4 is 41.5 Å². The molecule has 0 aromatic heterocycles. The summed E-state index contributed by atoms with van der Waals surface area (Å²) in [6, 6.07) is 7.17. The van der Waals surface area contributed by atoms with E-state index in [1.165, 1.54) is 0 Å². The molecule has 2 rings (SSSR count). The molecule has 0 bridgehead atoms. The zero-order valence-electron chi connectivity index (χ0n) is 16.9. The van der Waals surface area contributed by atoms with E-state index >= 15 is 0 Å². The molecule has 29 heavy (non-hydrogen) atoms. The number of nitrogens with zero attached hydrogens (tertiary/aromatic N) is 1. The zero-order valence-corrected chi connectivity index (χ0v) is 19.2. The van der Waals surface area contributed by atoms with Crippen molar-refractivity contribution in [1.82, 2.24) is 10.6 Å². The van der Waals surface area contributed by atoms with Gasteiger partial charge in [0.2, 0.25) is 5.91 Å². The standard InChI is InChI=1S/C21H30N4O3.HI/c1-3-17-6-4-7-19(14-17)25-20(26)15-24-21(22-2)23-10-5-11-28-16-18-8-12-27-13-9-18;/h1,4,6-7,14,18H,5,8-13,15-16H2,2H3,(H,25,26)(H2,22,23,24);1H. The van der Waals surface area contributed by atoms with Crippen LogP contribution in [0.4, 0.5) is 5.69 Å². The largest absolute Gasteiger partial charge is 0.381 e. The summed E-state index contributed by atoms with van der Waals surface area (Å²) < 4.78 is 11.1. The monoisotopic (exact) mass is 514 g/mol. The van der Waals surface area contributed by atoms with Crippen molar-refractivity contribution in [2.45, 2.75) is 19.3 Å². The van der Waals surface area contributed by atoms with E-state index in [1.807, 2.05) is 12.1 Å². The topological polar surface area (TPSA) is 84.0 Å². The summed E-state index contributed by atoms with van der Waals surface area (Å²) in [6.07, 6.45) is 8.41. The smallest absolute Gasteiger partial charge is 0.243 e. The second-order valence-electron chi connectivity index (χ2n) is 6.61. The van der Waals surface area contributed by atoms with Gasteiger partial charge in [0.25, 0.3) is 0 Å². The van der Waals surface area contributed by atoms with E-state index < -0.39 is 0 Å². The minimum absolute atomic E-state index is 0. The first-order chi connectivity index (χ1) is 13.7. The first-order valence-corrected chi connectivity index (χ1v) is 9.68. The van der Waals surface area contributed by atoms with Gasteiger partial charge in [0.1, 0.15) is 0 Å². The Kier molecular flexibility index (Phi) is 13.1. The van der Waals surface area contributed by atoms with E-state index in [-0.39, 0.29) is 36.4 Å². The number of hydrogen-bond acceptors (Lipinski definition) is 4. The minimum Gasteiger partial charge on any atom is -0.381 e. The first-order valence-electron chi connectivity index (χ1n) is 9.68. The molecular weight excluding hydrogens is 483 g/mol. The second kappa shape index (κ2) is 15.1. The zero-order chi connectivity index (χ0) is 20.0. The van der Waals surface area contributed by atoms with E-state index in [4.69, 9.17) is 15.9 Å². The molecule has 0 aliphatic carbocycles. The van der Waals surface area contributed by atoms with Crippen LogP contribution in [0.25, 0.3) is 0 Å². The van der Waals surface area contributed by atoms with Crippen molar-refractivity contribution in [3.05, 3.63) is 29.8 Å². The fourth-order valence-corrected chi connectivity index (χ4v) is 2.82. The molecule has 0 unspecified atom stereocenters. The molecule has 1 saturated heterocycles. The summed E-state index contributed by atoms with van der Waals surface area (Å²) >= 11 is 0. The number of guanidine groups is 1. The lowest BCUT2D eigenvalue weighted by molar-refractivity contribution is -0.115. The predicted molar refractivity (Wildman–Crippen MR) is 127 cm³/mol. The predicted octanol–water partition coefficient (Wildman–Crippen LogP) is 2.22. The number of ether oxygens (including phenoxy) is 2. The highest BCUT2D eigenvalue weighted by Gasteiger charge is 2.13. The molecule has 1 aromatic carbocycles. The summed E-state index contributed by atoms with van der Waals surface area (Å²) in [5, 5.41) is 8.97. The molecule has 1 amide bonds. The van der Waals surface area contributed by atoms with Crippen LogP contribution >= 0.6 is 24.0 Å². The summed E-state index contributed by atoms with van der Waals surface area (Å²) in [5.74, 6) is 3.58. The number of benzene rings is 1. The number of anilines is 1. The maximum Gasteiger partial charge on any atom is 0.243 e. The van der Waals surface area contributed by atoms with Gasteiger partial charge in [-0.15, -0.1) is 30.4 Å². The summed E-state index contributed by atoms with van der Waals surface area (Å²) in [6.45, 7) is 4.03. The van der Waals surface area contributed by atoms with Crippen LogP contribution in [0.2, 0.25) is 0 Å². The highest BCUT2D eigenvalue weighted by atomic mass is 127. The average Bonchev–Trinajstić information content (AvgIpc) is 2.73. The first kappa shape index (κ1) is 25.2. The molecule has 0 atom stereocenters. The molecule has 8 heteroatoms. The molecule has 1 aliphatic rings. The summed E-state index contributed by atoms with van der Waals surface area (Å²) in [4.78, 5) is 16.2. The van der Waals surface area contributed by atoms with Crippen molar-refractivity contribution in [3.8, 4) is 12.3 Å². The van der Waals surface area contributed by atoms with Gasteiger partial charge >= 0.3 is 0 Å². The molecule has 0 saturated carbocycles. The minimum atomic E-state index is -0.170. The van der Waals surface area contributed by atoms with Crippen molar-refractivity contribution in [2.75, 3.05) is 51.9 Å². The molecule has 1 aliphatic heterocycles. The lowest BCUT2D eigenvalue weighted by atomic mass is 10.0. The number of carbonyl (C=O) groups is 1. The third-order valence-electron chi connectivity index (χ3n) is 4.41. The lowest BCUT2D eigenvalue weighted by Gasteiger charge is -2.21. The number of nitrogens with one attached hydrogen (secondary N) is 3. The van der Waals surface area contributed by atoms with Gasteiger partial charge in [0.05, 0.1) is 6.54 Å². The Morgan fingerprint density at radius 1 is 1.34 bits per heavy atom. The highest BCUT2D eigenvalue weighted by molar-refractivity contribution is 14.0. The average molecular weight is 514 g/mol. The maximum atomic E-state index is 12.1. The Morgan fingerprint density at radius 3 is 2.86 bits per heavy atom. The van der Waals surface area contributed by atoms with Gasteiger partial charge in [-0.2, -0.15) is 0 Å². The molecule has 7 nitrogen and oxygen atoms in total. The van der Waals surface area contributed by atoms with Crippen LogP contribution in [-0.2, 0) is 14.3 Å². The van der Waals surface area contributed by atoms with Crippen LogP contribution < -0.4 is 16.0 Å². The van der Waals surface area contributed by atoms with E-state index in [2.05, 4.69) is 26.9 Å². The van der Waals surface area contributed by atoms with Crippen molar-refractivity contribution in [2.24, 2.45) is 10.9 Å². The van der Waals surface area contributed by atoms with Gasteiger partial charge in [0, 0.05) is 51.3 Å². The number of hydrogen-bond donors (Lipinski definition) is 3. The van der Waals surface area contributed by atoms with E-state index in [0.717, 1.165) is 51.2 Å². The fraction of sp³-hybridized carbons (Fsp3) is 0.524. The van der Waals surface area contributed by atoms with E-state index in [0.29, 0.717) is 24.2 Å². The number of halogens is 1. The Labute approximate surface area is 190 Å². The van der Waals surface area contributed by atoms with Gasteiger partial charge in [-0.1, -0.05) is 12.0 Å². The number of aliphatic imine (C=N–C) groups is 1. The van der Waals surface area contributed by atoms with Crippen molar-refractivity contribution in [3.63, 3.8) is 0 Å². The molecule has 3 N–H and O–H groups in total. The third-order valence-corrected chi connectivity index (χ3v) is 4.41. The normalized spacial score (nSPS) is 14.4. The van der Waals surface area contributed by atoms with Crippen LogP contribution in [0.1, 0.15) is 24.8 Å². The van der Waals surface area contributed by atoms with Crippen LogP contribution in [-0.4, -0.2) is 58.4 Å². The fourth-order valence-electron chi connectivity index (χ4n) is 2.82. The van der Waals surface area contributed by atoms with Gasteiger partial charge in [-0.3, -0.25) is 9.79 Å². The van der Waals surface area contributed by atoms with Gasteiger partial charge in [-0.25, -0.2) is 0 Å². The molecule has 0 radical (unpaired) electrons. The number of amides is 1. The molecule has 1 aromatic rings. The van der Waals surface area contributed by atoms with Crippen LogP contribution in [0.5, 0.6) is 0 Å². The second-order valence-corrected chi connectivity index (χ2v) is 6.61. The Bertz CT molecular complexity index is 685. The Balaban J connectivity index is 0.00000420. The van der Waals surface area contributed by atoms with Crippen molar-refractivity contribution < 1.29 is 14.3 Å². The summed E-state index contributed by atoms with van der Waals surface area (Å²) in [7, 11) is 1.67. The molecule has 160 valence electrons. The summed E-state index contributed by atoms with van der Waals surface area (Å²) in [5.41, 5.74) is 1.40. The quantitative estimate of drug-likeness (QED) is 0.155. The highest BCUT2D eigenvalue weighted by Crippen LogP contribution is 2.14. The van der Waals surface area contributed by atoms with Crippen LogP contribution in [0.15, 0.2) is 29.3 Å². The van der Waals surface area contributed by atoms with Crippen molar-refractivity contribution in [1.29, 1.82) is 0 Å². The molecule has 0 spiro atoms. The Morgan fingerprint density at radius 2 is 2.14 bits per heavy atom. The molecular formula is C21H31IN4O3. The van der Waals surface area contributed by atoms with Gasteiger partial charge in [-0.05, 0) is 43.4 Å². The number of rotatable bonds is 9. The number of terminal acetylenes is 1. The van der Waals surface area contributed by atoms with E-state index in [1.54, 1.807) is 19.2 Å². The molecule has 1 heterocycles. The Hall–Kier alpha value is -1.83.